The lowest BCUT2D eigenvalue weighted by atomic mass is 10.2. The van der Waals surface area contributed by atoms with Crippen LogP contribution in [-0.4, -0.2) is 24.2 Å². The Morgan fingerprint density at radius 1 is 1.16 bits per heavy atom. The first-order valence-electron chi connectivity index (χ1n) is 6.82. The minimum absolute atomic E-state index is 0.0369. The van der Waals surface area contributed by atoms with Crippen LogP contribution in [0.1, 0.15) is 10.4 Å². The van der Waals surface area contributed by atoms with Gasteiger partial charge in [-0.3, -0.25) is 4.79 Å². The molecule has 9 heteroatoms. The van der Waals surface area contributed by atoms with Gasteiger partial charge >= 0.3 is 5.97 Å². The Balaban J connectivity index is 1.97. The summed E-state index contributed by atoms with van der Waals surface area (Å²) in [6.45, 7) is -0.592. The minimum Gasteiger partial charge on any atom is -0.452 e. The molecule has 0 aromatic heterocycles. The first-order chi connectivity index (χ1) is 11.9. The zero-order chi connectivity index (χ0) is 18.4. The van der Waals surface area contributed by atoms with E-state index in [4.69, 9.17) is 27.9 Å². The topological polar surface area (TPSA) is 55.4 Å². The molecule has 0 bridgehead atoms. The highest BCUT2D eigenvalue weighted by molar-refractivity contribution is 7.99. The Kier molecular flexibility index (Phi) is 7.04. The van der Waals surface area contributed by atoms with E-state index in [1.54, 1.807) is 0 Å². The van der Waals surface area contributed by atoms with Crippen molar-refractivity contribution in [2.24, 2.45) is 0 Å². The number of nitrogens with one attached hydrogen (secondary N) is 1. The normalized spacial score (nSPS) is 10.6. The number of esters is 1. The van der Waals surface area contributed by atoms with Crippen molar-refractivity contribution in [3.63, 3.8) is 0 Å². The predicted molar refractivity (Wildman–Crippen MR) is 93.7 cm³/mol. The summed E-state index contributed by atoms with van der Waals surface area (Å²) in [5, 5.41) is 3.09. The number of ether oxygens (including phenoxy) is 1. The number of amides is 1. The molecular formula is C16H11Cl2F2NO3S. The molecule has 0 saturated carbocycles. The van der Waals surface area contributed by atoms with Gasteiger partial charge in [-0.25, -0.2) is 4.79 Å². The van der Waals surface area contributed by atoms with E-state index >= 15 is 0 Å². The van der Waals surface area contributed by atoms with Crippen LogP contribution in [0.15, 0.2) is 47.4 Å². The quantitative estimate of drug-likeness (QED) is 0.536. The fraction of sp³-hybridized carbons (Fsp3) is 0.125. The van der Waals surface area contributed by atoms with Crippen LogP contribution < -0.4 is 5.32 Å². The van der Waals surface area contributed by atoms with Crippen LogP contribution in [-0.2, 0) is 9.53 Å². The first kappa shape index (κ1) is 19.5. The molecule has 0 fully saturated rings. The second-order valence-electron chi connectivity index (χ2n) is 4.62. The molecule has 2 aromatic carbocycles. The standard InChI is InChI=1S/C16H11Cl2F2NO3S/c17-9-5-6-12(11(18)7-9)21-14(22)8-24-15(23)10-3-1-2-4-13(10)25-16(19)20/h1-7,16H,8H2,(H,21,22). The van der Waals surface area contributed by atoms with Gasteiger partial charge in [0.15, 0.2) is 6.61 Å². The number of carbonyl (C=O) groups is 2. The van der Waals surface area contributed by atoms with Crippen molar-refractivity contribution in [1.29, 1.82) is 0 Å². The van der Waals surface area contributed by atoms with Crippen molar-refractivity contribution in [3.8, 4) is 0 Å². The number of hydrogen-bond acceptors (Lipinski definition) is 4. The van der Waals surface area contributed by atoms with Crippen LogP contribution in [0.2, 0.25) is 10.0 Å². The molecule has 0 atom stereocenters. The molecule has 0 unspecified atom stereocenters. The van der Waals surface area contributed by atoms with Gasteiger partial charge in [0, 0.05) is 9.92 Å². The summed E-state index contributed by atoms with van der Waals surface area (Å²) < 4.78 is 29.9. The molecule has 0 aliphatic heterocycles. The van der Waals surface area contributed by atoms with E-state index in [-0.39, 0.29) is 27.2 Å². The number of anilines is 1. The van der Waals surface area contributed by atoms with E-state index in [1.807, 2.05) is 0 Å². The molecule has 1 amide bonds. The van der Waals surface area contributed by atoms with Crippen molar-refractivity contribution < 1.29 is 23.1 Å². The molecule has 1 N–H and O–H groups in total. The highest BCUT2D eigenvalue weighted by atomic mass is 35.5. The van der Waals surface area contributed by atoms with Crippen LogP contribution >= 0.6 is 35.0 Å². The van der Waals surface area contributed by atoms with Crippen molar-refractivity contribution in [1.82, 2.24) is 0 Å². The monoisotopic (exact) mass is 405 g/mol. The third kappa shape index (κ3) is 5.88. The Morgan fingerprint density at radius 2 is 1.88 bits per heavy atom. The number of benzene rings is 2. The maximum Gasteiger partial charge on any atom is 0.339 e. The molecule has 2 rings (SSSR count). The molecule has 2 aromatic rings. The van der Waals surface area contributed by atoms with Crippen LogP contribution in [0.5, 0.6) is 0 Å². The number of halogens is 4. The molecule has 0 heterocycles. The fourth-order valence-electron chi connectivity index (χ4n) is 1.82. The van der Waals surface area contributed by atoms with Crippen molar-refractivity contribution in [3.05, 3.63) is 58.1 Å². The zero-order valence-electron chi connectivity index (χ0n) is 12.5. The molecule has 0 spiro atoms. The number of alkyl halides is 2. The molecule has 4 nitrogen and oxygen atoms in total. The van der Waals surface area contributed by atoms with E-state index in [9.17, 15) is 18.4 Å². The van der Waals surface area contributed by atoms with Gasteiger partial charge in [0.1, 0.15) is 0 Å². The van der Waals surface area contributed by atoms with Crippen molar-refractivity contribution >= 4 is 52.5 Å². The van der Waals surface area contributed by atoms with E-state index < -0.39 is 24.2 Å². The molecule has 0 radical (unpaired) electrons. The fourth-order valence-corrected chi connectivity index (χ4v) is 2.90. The molecule has 0 aliphatic rings. The maximum absolute atomic E-state index is 12.5. The minimum atomic E-state index is -2.68. The predicted octanol–water partition coefficient (Wildman–Crippen LogP) is 5.10. The number of rotatable bonds is 6. The van der Waals surface area contributed by atoms with Gasteiger partial charge in [-0.05, 0) is 30.3 Å². The summed E-state index contributed by atoms with van der Waals surface area (Å²) in [7, 11) is 0. The van der Waals surface area contributed by atoms with E-state index in [2.05, 4.69) is 5.32 Å². The summed E-state index contributed by atoms with van der Waals surface area (Å²) in [4.78, 5) is 23.9. The highest BCUT2D eigenvalue weighted by Crippen LogP contribution is 2.29. The second-order valence-corrected chi connectivity index (χ2v) is 6.50. The smallest absolute Gasteiger partial charge is 0.339 e. The number of thioether (sulfide) groups is 1. The maximum atomic E-state index is 12.5. The molecule has 0 aliphatic carbocycles. The molecule has 132 valence electrons. The Hall–Kier alpha value is -1.83. The lowest BCUT2D eigenvalue weighted by molar-refractivity contribution is -0.119. The first-order valence-corrected chi connectivity index (χ1v) is 8.46. The summed E-state index contributed by atoms with van der Waals surface area (Å²) >= 11 is 11.9. The zero-order valence-corrected chi connectivity index (χ0v) is 14.8. The summed E-state index contributed by atoms with van der Waals surface area (Å²) in [5.74, 6) is -4.18. The van der Waals surface area contributed by atoms with Gasteiger partial charge in [-0.2, -0.15) is 8.78 Å². The van der Waals surface area contributed by atoms with E-state index in [0.29, 0.717) is 10.7 Å². The van der Waals surface area contributed by atoms with Crippen LogP contribution in [0.25, 0.3) is 0 Å². The number of carbonyl (C=O) groups excluding carboxylic acids is 2. The van der Waals surface area contributed by atoms with Gasteiger partial charge in [0.05, 0.1) is 16.3 Å². The van der Waals surface area contributed by atoms with Crippen LogP contribution in [0.4, 0.5) is 14.5 Å². The average molecular weight is 406 g/mol. The van der Waals surface area contributed by atoms with Gasteiger partial charge in [0.25, 0.3) is 11.7 Å². The largest absolute Gasteiger partial charge is 0.452 e. The van der Waals surface area contributed by atoms with E-state index in [1.165, 1.54) is 42.5 Å². The lowest BCUT2D eigenvalue weighted by Crippen LogP contribution is -2.21. The van der Waals surface area contributed by atoms with Gasteiger partial charge in [-0.15, -0.1) is 0 Å². The molecule has 25 heavy (non-hydrogen) atoms. The van der Waals surface area contributed by atoms with E-state index in [0.717, 1.165) is 0 Å². The summed E-state index contributed by atoms with van der Waals surface area (Å²) in [6.07, 6.45) is 0. The highest BCUT2D eigenvalue weighted by Gasteiger charge is 2.17. The lowest BCUT2D eigenvalue weighted by Gasteiger charge is -2.10. The second kappa shape index (κ2) is 9.03. The third-order valence-electron chi connectivity index (χ3n) is 2.86. The average Bonchev–Trinajstić information content (AvgIpc) is 2.55. The van der Waals surface area contributed by atoms with Gasteiger partial charge in [0.2, 0.25) is 0 Å². The Morgan fingerprint density at radius 3 is 2.56 bits per heavy atom. The van der Waals surface area contributed by atoms with Gasteiger partial charge in [-0.1, -0.05) is 47.1 Å². The third-order valence-corrected chi connectivity index (χ3v) is 4.20. The SMILES string of the molecule is O=C(COC(=O)c1ccccc1SC(F)F)Nc1ccc(Cl)cc1Cl. The Labute approximate surface area is 156 Å². The van der Waals surface area contributed by atoms with Crippen LogP contribution in [0, 0.1) is 0 Å². The molecule has 0 saturated heterocycles. The van der Waals surface area contributed by atoms with Crippen LogP contribution in [0.3, 0.4) is 0 Å². The number of hydrogen-bond donors (Lipinski definition) is 1. The molecular weight excluding hydrogens is 395 g/mol. The Bertz CT molecular complexity index is 790. The summed E-state index contributed by atoms with van der Waals surface area (Å²) in [6, 6.07) is 10.2. The van der Waals surface area contributed by atoms with Crippen molar-refractivity contribution in [2.45, 2.75) is 10.7 Å². The van der Waals surface area contributed by atoms with Crippen molar-refractivity contribution in [2.75, 3.05) is 11.9 Å². The van der Waals surface area contributed by atoms with Gasteiger partial charge < -0.3 is 10.1 Å². The summed E-state index contributed by atoms with van der Waals surface area (Å²) in [5.41, 5.74) is 0.269.